The number of amides is 1. The monoisotopic (exact) mass is 169 g/mol. The number of carbonyl (C=O) groups excluding carboxylic acids is 2. The molecule has 1 amide bonds. The number of thioether (sulfide) groups is 1. The van der Waals surface area contributed by atoms with Crippen LogP contribution in [0.25, 0.3) is 0 Å². The van der Waals surface area contributed by atoms with E-state index in [4.69, 9.17) is 0 Å². The van der Waals surface area contributed by atoms with Gasteiger partial charge in [-0.1, -0.05) is 0 Å². The number of nitrogens with zero attached hydrogens (tertiary/aromatic N) is 1. The van der Waals surface area contributed by atoms with Gasteiger partial charge in [-0.15, -0.1) is 11.8 Å². The molecule has 0 unspecified atom stereocenters. The van der Waals surface area contributed by atoms with Crippen LogP contribution in [0.1, 0.15) is 6.42 Å². The normalized spacial score (nSPS) is 28.7. The summed E-state index contributed by atoms with van der Waals surface area (Å²) in [5.74, 6) is 0.874. The van der Waals surface area contributed by atoms with Gasteiger partial charge in [-0.3, -0.25) is 9.59 Å². The minimum atomic E-state index is 0.126. The van der Waals surface area contributed by atoms with Gasteiger partial charge in [0.25, 0.3) is 0 Å². The zero-order valence-corrected chi connectivity index (χ0v) is 6.63. The first-order valence-corrected chi connectivity index (χ1v) is 4.45. The van der Waals surface area contributed by atoms with Gasteiger partial charge in [0.15, 0.2) is 0 Å². The van der Waals surface area contributed by atoms with Crippen LogP contribution in [-0.4, -0.2) is 28.2 Å². The molecule has 2 heterocycles. The number of aldehydes is 1. The van der Waals surface area contributed by atoms with Gasteiger partial charge in [-0.25, -0.2) is 0 Å². The topological polar surface area (TPSA) is 37.4 Å². The number of fused-ring (bicyclic) bond motifs is 1. The number of hydrogen-bond acceptors (Lipinski definition) is 3. The zero-order valence-electron chi connectivity index (χ0n) is 5.82. The van der Waals surface area contributed by atoms with Crippen molar-refractivity contribution in [2.45, 2.75) is 11.8 Å². The highest BCUT2D eigenvalue weighted by molar-refractivity contribution is 8.00. The van der Waals surface area contributed by atoms with Crippen molar-refractivity contribution in [2.24, 2.45) is 0 Å². The molecule has 58 valence electrons. The second kappa shape index (κ2) is 2.37. The van der Waals surface area contributed by atoms with Gasteiger partial charge in [0.1, 0.15) is 6.29 Å². The highest BCUT2D eigenvalue weighted by atomic mass is 32.2. The number of β-lactam (4-membered cyclic amide) rings is 1. The largest absolute Gasteiger partial charge is 0.306 e. The fraction of sp³-hybridized carbons (Fsp3) is 0.429. The molecule has 2 aliphatic heterocycles. The van der Waals surface area contributed by atoms with E-state index in [0.29, 0.717) is 17.4 Å². The van der Waals surface area contributed by atoms with Crippen molar-refractivity contribution in [3.05, 3.63) is 11.8 Å². The summed E-state index contributed by atoms with van der Waals surface area (Å²) in [6.07, 6.45) is 3.11. The van der Waals surface area contributed by atoms with E-state index in [1.54, 1.807) is 22.9 Å². The molecule has 0 spiro atoms. The average Bonchev–Trinajstić information content (AvgIpc) is 2.03. The van der Waals surface area contributed by atoms with Crippen LogP contribution >= 0.6 is 11.8 Å². The minimum absolute atomic E-state index is 0.126. The molecule has 1 saturated heterocycles. The Morgan fingerprint density at radius 2 is 2.55 bits per heavy atom. The van der Waals surface area contributed by atoms with Crippen molar-refractivity contribution < 1.29 is 9.59 Å². The van der Waals surface area contributed by atoms with Crippen LogP contribution in [0.5, 0.6) is 0 Å². The molecule has 0 aromatic heterocycles. The van der Waals surface area contributed by atoms with Crippen LogP contribution < -0.4 is 0 Å². The van der Waals surface area contributed by atoms with E-state index < -0.39 is 0 Å². The lowest BCUT2D eigenvalue weighted by molar-refractivity contribution is -0.137. The number of carbonyl (C=O) groups is 2. The van der Waals surface area contributed by atoms with Crippen LogP contribution in [-0.2, 0) is 9.59 Å². The Kier molecular flexibility index (Phi) is 1.49. The van der Waals surface area contributed by atoms with E-state index >= 15 is 0 Å². The molecule has 0 aliphatic carbocycles. The molecule has 2 rings (SSSR count). The third kappa shape index (κ3) is 0.976. The van der Waals surface area contributed by atoms with Gasteiger partial charge in [0, 0.05) is 17.5 Å². The highest BCUT2D eigenvalue weighted by Gasteiger charge is 2.37. The van der Waals surface area contributed by atoms with E-state index in [2.05, 4.69) is 0 Å². The third-order valence-corrected chi connectivity index (χ3v) is 3.12. The maximum absolute atomic E-state index is 10.9. The molecular weight excluding hydrogens is 162 g/mol. The summed E-state index contributed by atoms with van der Waals surface area (Å²) in [6.45, 7) is 0. The zero-order chi connectivity index (χ0) is 7.84. The van der Waals surface area contributed by atoms with E-state index in [0.717, 1.165) is 12.0 Å². The van der Waals surface area contributed by atoms with Crippen molar-refractivity contribution in [2.75, 3.05) is 5.75 Å². The van der Waals surface area contributed by atoms with Gasteiger partial charge in [0.2, 0.25) is 5.91 Å². The fourth-order valence-electron chi connectivity index (χ4n) is 1.17. The molecule has 0 radical (unpaired) electrons. The SMILES string of the molecule is O=CC1=CN2C(=O)C[C@H]2SC1. The summed E-state index contributed by atoms with van der Waals surface area (Å²) in [5, 5.41) is 0.311. The highest BCUT2D eigenvalue weighted by Crippen LogP contribution is 2.34. The number of rotatable bonds is 1. The molecule has 4 heteroatoms. The van der Waals surface area contributed by atoms with Crippen LogP contribution in [0.3, 0.4) is 0 Å². The van der Waals surface area contributed by atoms with E-state index in [1.165, 1.54) is 0 Å². The molecule has 0 aromatic carbocycles. The molecule has 0 saturated carbocycles. The van der Waals surface area contributed by atoms with Crippen LogP contribution in [0.4, 0.5) is 0 Å². The van der Waals surface area contributed by atoms with E-state index in [9.17, 15) is 9.59 Å². The lowest BCUT2D eigenvalue weighted by atomic mass is 10.2. The van der Waals surface area contributed by atoms with Gasteiger partial charge in [0.05, 0.1) is 11.8 Å². The Morgan fingerprint density at radius 1 is 1.73 bits per heavy atom. The van der Waals surface area contributed by atoms with Gasteiger partial charge >= 0.3 is 0 Å². The first-order chi connectivity index (χ1) is 5.31. The lowest BCUT2D eigenvalue weighted by Crippen LogP contribution is -2.49. The van der Waals surface area contributed by atoms with Crippen LogP contribution in [0, 0.1) is 0 Å². The Hall–Kier alpha value is -0.770. The minimum Gasteiger partial charge on any atom is -0.306 e. The molecule has 3 nitrogen and oxygen atoms in total. The average molecular weight is 169 g/mol. The van der Waals surface area contributed by atoms with E-state index in [-0.39, 0.29) is 5.91 Å². The first kappa shape index (κ1) is 6.91. The summed E-state index contributed by atoms with van der Waals surface area (Å²) >= 11 is 1.65. The standard InChI is InChI=1S/C7H7NO2S/c9-3-5-2-8-6(10)1-7(8)11-4-5/h2-3,7H,1,4H2/t7-/m1/s1. The molecule has 1 atom stereocenters. The predicted octanol–water partition coefficient (Wildman–Crippen LogP) is 0.374. The smallest absolute Gasteiger partial charge is 0.230 e. The lowest BCUT2D eigenvalue weighted by Gasteiger charge is -2.40. The summed E-state index contributed by atoms with van der Waals surface area (Å²) in [7, 11) is 0. The molecule has 2 aliphatic rings. The third-order valence-electron chi connectivity index (χ3n) is 1.85. The molecule has 0 aromatic rings. The molecular formula is C7H7NO2S. The fourth-order valence-corrected chi connectivity index (χ4v) is 2.30. The summed E-state index contributed by atoms with van der Waals surface area (Å²) in [5.41, 5.74) is 0.708. The molecule has 0 N–H and O–H groups in total. The predicted molar refractivity (Wildman–Crippen MR) is 41.9 cm³/mol. The second-order valence-electron chi connectivity index (χ2n) is 2.59. The van der Waals surface area contributed by atoms with Crippen molar-refractivity contribution in [3.63, 3.8) is 0 Å². The van der Waals surface area contributed by atoms with Crippen molar-refractivity contribution in [1.29, 1.82) is 0 Å². The summed E-state index contributed by atoms with van der Waals surface area (Å²) in [6, 6.07) is 0. The first-order valence-electron chi connectivity index (χ1n) is 3.40. The van der Waals surface area contributed by atoms with Gasteiger partial charge in [-0.2, -0.15) is 0 Å². The van der Waals surface area contributed by atoms with Gasteiger partial charge in [-0.05, 0) is 0 Å². The molecule has 0 bridgehead atoms. The van der Waals surface area contributed by atoms with Crippen LogP contribution in [0.2, 0.25) is 0 Å². The Bertz CT molecular complexity index is 249. The Morgan fingerprint density at radius 3 is 3.18 bits per heavy atom. The van der Waals surface area contributed by atoms with Gasteiger partial charge < -0.3 is 4.90 Å². The molecule has 1 fully saturated rings. The van der Waals surface area contributed by atoms with Crippen molar-refractivity contribution >= 4 is 24.0 Å². The van der Waals surface area contributed by atoms with E-state index in [1.807, 2.05) is 0 Å². The van der Waals surface area contributed by atoms with Crippen molar-refractivity contribution in [3.8, 4) is 0 Å². The Balaban J connectivity index is 2.18. The second-order valence-corrected chi connectivity index (χ2v) is 3.76. The van der Waals surface area contributed by atoms with Crippen molar-refractivity contribution in [1.82, 2.24) is 4.90 Å². The summed E-state index contributed by atoms with van der Waals surface area (Å²) in [4.78, 5) is 22.8. The molecule has 11 heavy (non-hydrogen) atoms. The maximum Gasteiger partial charge on any atom is 0.230 e. The Labute approximate surface area is 68.4 Å². The summed E-state index contributed by atoms with van der Waals surface area (Å²) < 4.78 is 0. The quantitative estimate of drug-likeness (QED) is 0.420. The maximum atomic E-state index is 10.9. The number of hydrogen-bond donors (Lipinski definition) is 0. The van der Waals surface area contributed by atoms with Crippen LogP contribution in [0.15, 0.2) is 11.8 Å².